The lowest BCUT2D eigenvalue weighted by Gasteiger charge is -2.26. The van der Waals surface area contributed by atoms with E-state index in [4.69, 9.17) is 0 Å². The van der Waals surface area contributed by atoms with Gasteiger partial charge in [0.15, 0.2) is 0 Å². The molecule has 1 fully saturated rings. The third-order valence-electron chi connectivity index (χ3n) is 3.74. The van der Waals surface area contributed by atoms with Crippen molar-refractivity contribution in [3.05, 3.63) is 34.3 Å². The number of rotatable bonds is 4. The molecule has 1 N–H and O–H groups in total. The summed E-state index contributed by atoms with van der Waals surface area (Å²) in [5.41, 5.74) is 1.23. The summed E-state index contributed by atoms with van der Waals surface area (Å²) in [5.74, 6) is 0.221. The maximum atomic E-state index is 9.66. The van der Waals surface area contributed by atoms with Crippen molar-refractivity contribution in [2.45, 2.75) is 31.6 Å². The minimum absolute atomic E-state index is 0.221. The average Bonchev–Trinajstić information content (AvgIpc) is 2.65. The van der Waals surface area contributed by atoms with Crippen LogP contribution in [0.5, 0.6) is 0 Å². The summed E-state index contributed by atoms with van der Waals surface area (Å²) < 4.78 is 1.11. The van der Waals surface area contributed by atoms with E-state index >= 15 is 0 Å². The molecule has 100 valence electrons. The Balaban J connectivity index is 2.02. The van der Waals surface area contributed by atoms with Crippen LogP contribution in [0.3, 0.4) is 0 Å². The van der Waals surface area contributed by atoms with E-state index in [1.54, 1.807) is 0 Å². The van der Waals surface area contributed by atoms with Gasteiger partial charge in [0.25, 0.3) is 0 Å². The molecule has 1 atom stereocenters. The molecule has 0 spiro atoms. The molecule has 0 saturated carbocycles. The number of likely N-dealkylation sites (tertiary alicyclic amines) is 1. The van der Waals surface area contributed by atoms with Crippen LogP contribution >= 0.6 is 15.9 Å². The maximum Gasteiger partial charge on any atom is 0.0512 e. The van der Waals surface area contributed by atoms with Gasteiger partial charge in [-0.3, -0.25) is 0 Å². The molecule has 1 heterocycles. The van der Waals surface area contributed by atoms with Gasteiger partial charge in [-0.15, -0.1) is 0 Å². The highest BCUT2D eigenvalue weighted by Gasteiger charge is 2.18. The van der Waals surface area contributed by atoms with Gasteiger partial charge in [0.1, 0.15) is 0 Å². The van der Waals surface area contributed by atoms with E-state index in [0.29, 0.717) is 0 Å². The summed E-state index contributed by atoms with van der Waals surface area (Å²) in [7, 11) is 0. The quantitative estimate of drug-likeness (QED) is 0.921. The highest BCUT2D eigenvalue weighted by Crippen LogP contribution is 2.26. The molecule has 18 heavy (non-hydrogen) atoms. The second kappa shape index (κ2) is 7.27. The van der Waals surface area contributed by atoms with Crippen molar-refractivity contribution in [2.75, 3.05) is 26.2 Å². The Hall–Kier alpha value is -0.380. The third-order valence-corrected chi connectivity index (χ3v) is 4.46. The van der Waals surface area contributed by atoms with Crippen molar-refractivity contribution in [2.24, 2.45) is 0 Å². The predicted molar refractivity (Wildman–Crippen MR) is 78.9 cm³/mol. The molecule has 0 aliphatic carbocycles. The molecular formula is C15H22BrNO. The second-order valence-corrected chi connectivity index (χ2v) is 5.97. The predicted octanol–water partition coefficient (Wildman–Crippen LogP) is 3.40. The van der Waals surface area contributed by atoms with Crippen LogP contribution in [0, 0.1) is 0 Å². The monoisotopic (exact) mass is 311 g/mol. The van der Waals surface area contributed by atoms with Crippen LogP contribution in [-0.4, -0.2) is 36.2 Å². The van der Waals surface area contributed by atoms with E-state index in [2.05, 4.69) is 33.0 Å². The van der Waals surface area contributed by atoms with E-state index in [1.165, 1.54) is 44.3 Å². The normalized spacial score (nSPS) is 19.4. The summed E-state index contributed by atoms with van der Waals surface area (Å²) >= 11 is 3.59. The van der Waals surface area contributed by atoms with Crippen LogP contribution in [0.2, 0.25) is 0 Å². The summed E-state index contributed by atoms with van der Waals surface area (Å²) in [6.07, 6.45) is 5.31. The fraction of sp³-hybridized carbons (Fsp3) is 0.600. The lowest BCUT2D eigenvalue weighted by atomic mass is 9.99. The Morgan fingerprint density at radius 1 is 1.11 bits per heavy atom. The van der Waals surface area contributed by atoms with Gasteiger partial charge >= 0.3 is 0 Å². The largest absolute Gasteiger partial charge is 0.396 e. The Labute approximate surface area is 118 Å². The fourth-order valence-corrected chi connectivity index (χ4v) is 3.30. The number of halogens is 1. The van der Waals surface area contributed by atoms with Crippen molar-refractivity contribution in [3.63, 3.8) is 0 Å². The van der Waals surface area contributed by atoms with Crippen LogP contribution in [0.25, 0.3) is 0 Å². The first-order chi connectivity index (χ1) is 8.81. The first-order valence-corrected chi connectivity index (χ1v) is 7.68. The Bertz CT molecular complexity index is 361. The molecule has 0 radical (unpaired) electrons. The minimum Gasteiger partial charge on any atom is -0.396 e. The topological polar surface area (TPSA) is 23.5 Å². The summed E-state index contributed by atoms with van der Waals surface area (Å²) in [6.45, 7) is 3.56. The molecule has 3 heteroatoms. The minimum atomic E-state index is 0.221. The number of hydrogen-bond acceptors (Lipinski definition) is 2. The molecule has 1 saturated heterocycles. The molecular weight excluding hydrogens is 290 g/mol. The standard InChI is InChI=1S/C15H22BrNO/c16-15-8-4-3-7-14(15)13(12-18)11-17-9-5-1-2-6-10-17/h3-4,7-8,13,18H,1-2,5-6,9-12H2. The maximum absolute atomic E-state index is 9.66. The van der Waals surface area contributed by atoms with E-state index in [0.717, 1.165) is 11.0 Å². The van der Waals surface area contributed by atoms with Gasteiger partial charge in [-0.05, 0) is 37.6 Å². The van der Waals surface area contributed by atoms with Crippen LogP contribution in [0.15, 0.2) is 28.7 Å². The second-order valence-electron chi connectivity index (χ2n) is 5.12. The fourth-order valence-electron chi connectivity index (χ4n) is 2.69. The number of nitrogens with zero attached hydrogens (tertiary/aromatic N) is 1. The van der Waals surface area contributed by atoms with Crippen LogP contribution in [0.1, 0.15) is 37.2 Å². The molecule has 1 aliphatic heterocycles. The van der Waals surface area contributed by atoms with Crippen molar-refractivity contribution < 1.29 is 5.11 Å². The van der Waals surface area contributed by atoms with Gasteiger partial charge in [-0.2, -0.15) is 0 Å². The zero-order valence-electron chi connectivity index (χ0n) is 10.8. The zero-order chi connectivity index (χ0) is 12.8. The number of benzene rings is 1. The molecule has 0 amide bonds. The SMILES string of the molecule is OCC(CN1CCCCCC1)c1ccccc1Br. The van der Waals surface area contributed by atoms with Gasteiger partial charge < -0.3 is 10.0 Å². The highest BCUT2D eigenvalue weighted by molar-refractivity contribution is 9.10. The summed E-state index contributed by atoms with van der Waals surface area (Å²) in [4.78, 5) is 2.51. The molecule has 1 aromatic carbocycles. The third kappa shape index (κ3) is 3.81. The number of aliphatic hydroxyl groups is 1. The van der Waals surface area contributed by atoms with Crippen molar-refractivity contribution in [1.29, 1.82) is 0 Å². The Morgan fingerprint density at radius 3 is 2.39 bits per heavy atom. The van der Waals surface area contributed by atoms with Gasteiger partial charge in [0.05, 0.1) is 6.61 Å². The highest BCUT2D eigenvalue weighted by atomic mass is 79.9. The number of hydrogen-bond donors (Lipinski definition) is 1. The average molecular weight is 312 g/mol. The van der Waals surface area contributed by atoms with Crippen LogP contribution in [0.4, 0.5) is 0 Å². The van der Waals surface area contributed by atoms with Gasteiger partial charge in [-0.1, -0.05) is 47.0 Å². The van der Waals surface area contributed by atoms with Crippen molar-refractivity contribution in [1.82, 2.24) is 4.90 Å². The van der Waals surface area contributed by atoms with Crippen LogP contribution in [-0.2, 0) is 0 Å². The first kappa shape index (κ1) is 14.0. The molecule has 1 aromatic rings. The van der Waals surface area contributed by atoms with Crippen LogP contribution < -0.4 is 0 Å². The lowest BCUT2D eigenvalue weighted by molar-refractivity contribution is 0.203. The zero-order valence-corrected chi connectivity index (χ0v) is 12.4. The molecule has 1 aliphatic rings. The van der Waals surface area contributed by atoms with E-state index in [1.807, 2.05) is 12.1 Å². The smallest absolute Gasteiger partial charge is 0.0512 e. The van der Waals surface area contributed by atoms with E-state index in [9.17, 15) is 5.11 Å². The summed E-state index contributed by atoms with van der Waals surface area (Å²) in [6, 6.07) is 8.24. The van der Waals surface area contributed by atoms with Gasteiger partial charge in [-0.25, -0.2) is 0 Å². The molecule has 0 aromatic heterocycles. The van der Waals surface area contributed by atoms with Gasteiger partial charge in [0, 0.05) is 16.9 Å². The summed E-state index contributed by atoms with van der Waals surface area (Å²) in [5, 5.41) is 9.66. The van der Waals surface area contributed by atoms with Gasteiger partial charge in [0.2, 0.25) is 0 Å². The molecule has 0 bridgehead atoms. The molecule has 1 unspecified atom stereocenters. The Morgan fingerprint density at radius 2 is 1.78 bits per heavy atom. The van der Waals surface area contributed by atoms with Crippen molar-refractivity contribution >= 4 is 15.9 Å². The first-order valence-electron chi connectivity index (χ1n) is 6.89. The molecule has 2 nitrogen and oxygen atoms in total. The lowest BCUT2D eigenvalue weighted by Crippen LogP contribution is -2.31. The molecule has 2 rings (SSSR count). The van der Waals surface area contributed by atoms with Crippen molar-refractivity contribution in [3.8, 4) is 0 Å². The van der Waals surface area contributed by atoms with E-state index in [-0.39, 0.29) is 12.5 Å². The van der Waals surface area contributed by atoms with E-state index < -0.39 is 0 Å². The number of aliphatic hydroxyl groups excluding tert-OH is 1. The Kier molecular flexibility index (Phi) is 5.67.